The summed E-state index contributed by atoms with van der Waals surface area (Å²) in [7, 11) is 1.36. The number of hydrogen-bond acceptors (Lipinski definition) is 8. The Hall–Kier alpha value is -0.320. The van der Waals surface area contributed by atoms with E-state index in [0.717, 1.165) is 0 Å². The average molecular weight is 296 g/mol. The molecule has 20 heavy (non-hydrogen) atoms. The molecule has 0 aliphatic carbocycles. The normalized spacial score (nSPS) is 35.0. The van der Waals surface area contributed by atoms with Crippen molar-refractivity contribution in [1.29, 1.82) is 0 Å². The molecule has 5 N–H and O–H groups in total. The largest absolute Gasteiger partial charge is 0.394 e. The molecule has 0 bridgehead atoms. The van der Waals surface area contributed by atoms with Gasteiger partial charge in [0.25, 0.3) is 0 Å². The quantitative estimate of drug-likeness (QED) is 0.331. The molecule has 120 valence electrons. The highest BCUT2D eigenvalue weighted by Gasteiger charge is 2.41. The molecule has 0 saturated carbocycles. The zero-order chi connectivity index (χ0) is 15.3. The SMILES string of the molecule is COCC(O)C(O)C(O)CO[C@@H]1O[C@H](CO)[C@H](O)C1C. The van der Waals surface area contributed by atoms with Gasteiger partial charge < -0.3 is 39.7 Å². The lowest BCUT2D eigenvalue weighted by molar-refractivity contribution is -0.183. The second kappa shape index (κ2) is 8.20. The molecule has 8 nitrogen and oxygen atoms in total. The van der Waals surface area contributed by atoms with E-state index >= 15 is 0 Å². The van der Waals surface area contributed by atoms with Crippen LogP contribution in [0.1, 0.15) is 6.92 Å². The van der Waals surface area contributed by atoms with E-state index in [1.165, 1.54) is 7.11 Å². The number of rotatable bonds is 8. The molecule has 0 aromatic heterocycles. The Morgan fingerprint density at radius 1 is 1.15 bits per heavy atom. The van der Waals surface area contributed by atoms with Gasteiger partial charge in [0.05, 0.1) is 25.9 Å². The van der Waals surface area contributed by atoms with Crippen LogP contribution in [0, 0.1) is 5.92 Å². The van der Waals surface area contributed by atoms with Gasteiger partial charge >= 0.3 is 0 Å². The standard InChI is InChI=1S/C12H24O8/c1-6-10(16)9(3-13)20-12(6)19-5-8(15)11(17)7(14)4-18-2/h6-17H,3-5H2,1-2H3/t6?,7?,8?,9-,10-,11?,12-/m1/s1. The summed E-state index contributed by atoms with van der Waals surface area (Å²) in [5, 5.41) is 47.5. The van der Waals surface area contributed by atoms with Crippen molar-refractivity contribution in [3.05, 3.63) is 0 Å². The molecule has 0 spiro atoms. The molecular formula is C12H24O8. The molecule has 1 heterocycles. The monoisotopic (exact) mass is 296 g/mol. The fraction of sp³-hybridized carbons (Fsp3) is 1.00. The molecule has 1 fully saturated rings. The van der Waals surface area contributed by atoms with Crippen molar-refractivity contribution >= 4 is 0 Å². The van der Waals surface area contributed by atoms with Crippen LogP contribution in [-0.2, 0) is 14.2 Å². The first-order valence-corrected chi connectivity index (χ1v) is 6.51. The molecule has 1 rings (SSSR count). The Bertz CT molecular complexity index is 276. The van der Waals surface area contributed by atoms with Gasteiger partial charge in [-0.25, -0.2) is 0 Å². The Morgan fingerprint density at radius 3 is 2.25 bits per heavy atom. The summed E-state index contributed by atoms with van der Waals surface area (Å²) in [5.41, 5.74) is 0. The molecular weight excluding hydrogens is 272 g/mol. The van der Waals surface area contributed by atoms with Crippen LogP contribution in [0.4, 0.5) is 0 Å². The number of aliphatic hydroxyl groups is 5. The van der Waals surface area contributed by atoms with E-state index in [0.29, 0.717) is 0 Å². The third-order valence-corrected chi connectivity index (χ3v) is 3.39. The third kappa shape index (κ3) is 4.34. The van der Waals surface area contributed by atoms with Gasteiger partial charge in [-0.1, -0.05) is 6.92 Å². The molecule has 1 saturated heterocycles. The Kier molecular flexibility index (Phi) is 7.27. The van der Waals surface area contributed by atoms with Crippen LogP contribution in [0.5, 0.6) is 0 Å². The highest BCUT2D eigenvalue weighted by Crippen LogP contribution is 2.27. The van der Waals surface area contributed by atoms with Gasteiger partial charge in [0, 0.05) is 13.0 Å². The van der Waals surface area contributed by atoms with Gasteiger partial charge in [0.2, 0.25) is 0 Å². The van der Waals surface area contributed by atoms with E-state index in [1.54, 1.807) is 6.92 Å². The Labute approximate surface area is 117 Å². The van der Waals surface area contributed by atoms with E-state index in [2.05, 4.69) is 4.74 Å². The second-order valence-corrected chi connectivity index (χ2v) is 4.99. The molecule has 7 atom stereocenters. The minimum Gasteiger partial charge on any atom is -0.394 e. The molecule has 8 heteroatoms. The molecule has 4 unspecified atom stereocenters. The Morgan fingerprint density at radius 2 is 1.75 bits per heavy atom. The summed E-state index contributed by atoms with van der Waals surface area (Å²) in [6, 6.07) is 0. The van der Waals surface area contributed by atoms with Crippen LogP contribution in [0.3, 0.4) is 0 Å². The van der Waals surface area contributed by atoms with Crippen LogP contribution in [0.15, 0.2) is 0 Å². The van der Waals surface area contributed by atoms with Gasteiger partial charge in [-0.3, -0.25) is 0 Å². The summed E-state index contributed by atoms with van der Waals surface area (Å²) < 4.78 is 15.2. The van der Waals surface area contributed by atoms with E-state index in [4.69, 9.17) is 14.6 Å². The van der Waals surface area contributed by atoms with Crippen LogP contribution in [0.25, 0.3) is 0 Å². The molecule has 1 aliphatic heterocycles. The lowest BCUT2D eigenvalue weighted by Crippen LogP contribution is -2.43. The predicted octanol–water partition coefficient (Wildman–Crippen LogP) is -2.55. The maximum absolute atomic E-state index is 9.73. The van der Waals surface area contributed by atoms with E-state index in [1.807, 2.05) is 0 Å². The van der Waals surface area contributed by atoms with Gasteiger partial charge in [0.1, 0.15) is 24.4 Å². The van der Waals surface area contributed by atoms with Crippen molar-refractivity contribution in [2.24, 2.45) is 5.92 Å². The van der Waals surface area contributed by atoms with Crippen LogP contribution in [-0.4, -0.2) is 89.3 Å². The summed E-state index contributed by atoms with van der Waals surface area (Å²) >= 11 is 0. The van der Waals surface area contributed by atoms with E-state index in [9.17, 15) is 20.4 Å². The summed E-state index contributed by atoms with van der Waals surface area (Å²) in [6.45, 7) is 0.971. The van der Waals surface area contributed by atoms with Crippen LogP contribution < -0.4 is 0 Å². The number of aliphatic hydroxyl groups excluding tert-OH is 5. The number of ether oxygens (including phenoxy) is 3. The summed E-state index contributed by atoms with van der Waals surface area (Å²) in [5.74, 6) is -0.375. The van der Waals surface area contributed by atoms with Gasteiger partial charge in [-0.2, -0.15) is 0 Å². The highest BCUT2D eigenvalue weighted by atomic mass is 16.7. The third-order valence-electron chi connectivity index (χ3n) is 3.39. The molecule has 0 radical (unpaired) electrons. The molecule has 1 aliphatic rings. The van der Waals surface area contributed by atoms with Gasteiger partial charge in [-0.05, 0) is 0 Å². The van der Waals surface area contributed by atoms with Crippen molar-refractivity contribution in [2.75, 3.05) is 26.9 Å². The van der Waals surface area contributed by atoms with Crippen molar-refractivity contribution in [1.82, 2.24) is 0 Å². The molecule has 0 aromatic rings. The van der Waals surface area contributed by atoms with Crippen molar-refractivity contribution < 1.29 is 39.7 Å². The molecule has 0 amide bonds. The van der Waals surface area contributed by atoms with E-state index < -0.39 is 36.8 Å². The minimum atomic E-state index is -1.41. The average Bonchev–Trinajstić information content (AvgIpc) is 2.71. The summed E-state index contributed by atoms with van der Waals surface area (Å²) in [6.07, 6.45) is -6.33. The Balaban J connectivity index is 2.39. The zero-order valence-corrected chi connectivity index (χ0v) is 11.6. The smallest absolute Gasteiger partial charge is 0.163 e. The molecule has 0 aromatic carbocycles. The topological polar surface area (TPSA) is 129 Å². The van der Waals surface area contributed by atoms with Gasteiger partial charge in [-0.15, -0.1) is 0 Å². The summed E-state index contributed by atoms with van der Waals surface area (Å²) in [4.78, 5) is 0. The van der Waals surface area contributed by atoms with Crippen molar-refractivity contribution in [3.63, 3.8) is 0 Å². The lowest BCUT2D eigenvalue weighted by atomic mass is 10.0. The maximum Gasteiger partial charge on any atom is 0.163 e. The second-order valence-electron chi connectivity index (χ2n) is 4.99. The van der Waals surface area contributed by atoms with Crippen molar-refractivity contribution in [2.45, 2.75) is 43.7 Å². The first-order valence-electron chi connectivity index (χ1n) is 6.51. The van der Waals surface area contributed by atoms with E-state index in [-0.39, 0.29) is 25.7 Å². The fourth-order valence-electron chi connectivity index (χ4n) is 2.04. The predicted molar refractivity (Wildman–Crippen MR) is 66.8 cm³/mol. The number of methoxy groups -OCH3 is 1. The van der Waals surface area contributed by atoms with Crippen molar-refractivity contribution in [3.8, 4) is 0 Å². The first-order chi connectivity index (χ1) is 9.42. The van der Waals surface area contributed by atoms with Gasteiger partial charge in [0.15, 0.2) is 6.29 Å². The van der Waals surface area contributed by atoms with Crippen LogP contribution >= 0.6 is 0 Å². The first kappa shape index (κ1) is 17.7. The zero-order valence-electron chi connectivity index (χ0n) is 11.6. The fourth-order valence-corrected chi connectivity index (χ4v) is 2.04. The highest BCUT2D eigenvalue weighted by molar-refractivity contribution is 4.84. The minimum absolute atomic E-state index is 0.111. The lowest BCUT2D eigenvalue weighted by Gasteiger charge is -2.24. The van der Waals surface area contributed by atoms with Crippen LogP contribution in [0.2, 0.25) is 0 Å². The number of hydrogen-bond donors (Lipinski definition) is 5. The maximum atomic E-state index is 9.73.